The lowest BCUT2D eigenvalue weighted by Crippen LogP contribution is -2.70. The Morgan fingerprint density at radius 3 is 2.25 bits per heavy atom. The largest absolute Gasteiger partial charge is 0.272 e. The van der Waals surface area contributed by atoms with Crippen LogP contribution in [-0.4, -0.2) is 22.9 Å². The Morgan fingerprint density at radius 2 is 1.62 bits per heavy atom. The Kier molecular flexibility index (Phi) is 4.21. The van der Waals surface area contributed by atoms with Crippen LogP contribution in [0.3, 0.4) is 0 Å². The molecule has 3 rings (SSSR count). The molecule has 4 nitrogen and oxygen atoms in total. The van der Waals surface area contributed by atoms with Crippen molar-refractivity contribution >= 4 is 17.9 Å². The van der Waals surface area contributed by atoms with Crippen molar-refractivity contribution in [1.82, 2.24) is 10.4 Å². The van der Waals surface area contributed by atoms with Gasteiger partial charge in [0.2, 0.25) is 5.91 Å². The Balaban J connectivity index is 1.75. The highest BCUT2D eigenvalue weighted by atomic mass is 16.2. The topological polar surface area (TPSA) is 49.4 Å². The summed E-state index contributed by atoms with van der Waals surface area (Å²) in [6.45, 7) is 3.78. The van der Waals surface area contributed by atoms with Gasteiger partial charge in [0, 0.05) is 5.56 Å². The number of hydrazine groups is 1. The van der Waals surface area contributed by atoms with E-state index in [0.29, 0.717) is 5.56 Å². The van der Waals surface area contributed by atoms with E-state index in [-0.39, 0.29) is 17.9 Å². The SMILES string of the molecule is CC1(C)C(=O)N(NC(=O)c2ccccc2)C1/C=C/c1ccccc1. The first kappa shape index (κ1) is 16.0. The van der Waals surface area contributed by atoms with Crippen LogP contribution in [0.5, 0.6) is 0 Å². The maximum atomic E-state index is 12.3. The van der Waals surface area contributed by atoms with Gasteiger partial charge in [-0.15, -0.1) is 0 Å². The predicted octanol–water partition coefficient (Wildman–Crippen LogP) is 3.28. The van der Waals surface area contributed by atoms with Gasteiger partial charge in [0.05, 0.1) is 11.5 Å². The molecule has 0 radical (unpaired) electrons. The standard InChI is InChI=1S/C20H20N2O2/c1-20(2)17(14-13-15-9-5-3-6-10-15)22(19(20)24)21-18(23)16-11-7-4-8-12-16/h3-14,17H,1-2H3,(H,21,23)/b14-13+. The minimum absolute atomic E-state index is 0.0884. The smallest absolute Gasteiger partial charge is 0.269 e. The van der Waals surface area contributed by atoms with E-state index in [1.807, 2.05) is 62.4 Å². The van der Waals surface area contributed by atoms with E-state index in [0.717, 1.165) is 5.56 Å². The third-order valence-electron chi connectivity index (χ3n) is 4.32. The molecule has 1 heterocycles. The molecule has 2 amide bonds. The Bertz CT molecular complexity index is 767. The van der Waals surface area contributed by atoms with Gasteiger partial charge in [0.25, 0.3) is 5.91 Å². The number of hydrogen-bond acceptors (Lipinski definition) is 2. The van der Waals surface area contributed by atoms with Gasteiger partial charge in [0.1, 0.15) is 0 Å². The van der Waals surface area contributed by atoms with Crippen LogP contribution in [0.15, 0.2) is 66.7 Å². The molecular formula is C20H20N2O2. The lowest BCUT2D eigenvalue weighted by atomic mass is 9.75. The Morgan fingerprint density at radius 1 is 1.04 bits per heavy atom. The molecule has 1 unspecified atom stereocenters. The maximum Gasteiger partial charge on any atom is 0.269 e. The van der Waals surface area contributed by atoms with E-state index in [1.54, 1.807) is 24.3 Å². The molecule has 122 valence electrons. The van der Waals surface area contributed by atoms with E-state index in [9.17, 15) is 9.59 Å². The van der Waals surface area contributed by atoms with Crippen LogP contribution in [0.1, 0.15) is 29.8 Å². The van der Waals surface area contributed by atoms with Gasteiger partial charge >= 0.3 is 0 Å². The third kappa shape index (κ3) is 2.95. The summed E-state index contributed by atoms with van der Waals surface area (Å²) < 4.78 is 0. The molecule has 1 fully saturated rings. The zero-order valence-electron chi connectivity index (χ0n) is 13.8. The number of amides is 2. The number of hydrogen-bond donors (Lipinski definition) is 1. The van der Waals surface area contributed by atoms with Crippen LogP contribution in [-0.2, 0) is 4.79 Å². The highest BCUT2D eigenvalue weighted by Crippen LogP contribution is 2.38. The van der Waals surface area contributed by atoms with Gasteiger partial charge in [-0.1, -0.05) is 60.7 Å². The molecule has 0 saturated carbocycles. The molecule has 1 aliphatic heterocycles. The van der Waals surface area contributed by atoms with Crippen LogP contribution in [0.4, 0.5) is 0 Å². The van der Waals surface area contributed by atoms with Gasteiger partial charge in [0.15, 0.2) is 0 Å². The van der Waals surface area contributed by atoms with Crippen LogP contribution in [0, 0.1) is 5.41 Å². The normalized spacial score (nSPS) is 19.2. The molecule has 4 heteroatoms. The molecule has 1 aliphatic rings. The second-order valence-corrected chi connectivity index (χ2v) is 6.42. The van der Waals surface area contributed by atoms with Gasteiger partial charge in [-0.3, -0.25) is 15.0 Å². The van der Waals surface area contributed by atoms with E-state index < -0.39 is 5.41 Å². The molecule has 0 aromatic heterocycles. The number of nitrogens with zero attached hydrogens (tertiary/aromatic N) is 1. The summed E-state index contributed by atoms with van der Waals surface area (Å²) in [6.07, 6.45) is 3.93. The lowest BCUT2D eigenvalue weighted by Gasteiger charge is -2.50. The molecule has 2 aromatic rings. The number of nitrogens with one attached hydrogen (secondary N) is 1. The van der Waals surface area contributed by atoms with Crippen LogP contribution < -0.4 is 5.43 Å². The van der Waals surface area contributed by atoms with E-state index in [1.165, 1.54) is 5.01 Å². The summed E-state index contributed by atoms with van der Waals surface area (Å²) in [4.78, 5) is 24.6. The van der Waals surface area contributed by atoms with Gasteiger partial charge in [-0.2, -0.15) is 0 Å². The van der Waals surface area contributed by atoms with Crippen LogP contribution in [0.25, 0.3) is 6.08 Å². The molecule has 24 heavy (non-hydrogen) atoms. The van der Waals surface area contributed by atoms with Crippen molar-refractivity contribution in [3.8, 4) is 0 Å². The summed E-state index contributed by atoms with van der Waals surface area (Å²) in [6, 6.07) is 18.6. The third-order valence-corrected chi connectivity index (χ3v) is 4.32. The molecule has 1 saturated heterocycles. The Hall–Kier alpha value is -2.88. The molecule has 0 spiro atoms. The summed E-state index contributed by atoms with van der Waals surface area (Å²) in [7, 11) is 0. The number of carbonyl (C=O) groups excluding carboxylic acids is 2. The second-order valence-electron chi connectivity index (χ2n) is 6.42. The fourth-order valence-electron chi connectivity index (χ4n) is 2.80. The monoisotopic (exact) mass is 320 g/mol. The van der Waals surface area contributed by atoms with Gasteiger partial charge in [-0.05, 0) is 31.5 Å². The molecule has 1 atom stereocenters. The average Bonchev–Trinajstić information content (AvgIpc) is 2.62. The van der Waals surface area contributed by atoms with E-state index in [4.69, 9.17) is 0 Å². The lowest BCUT2D eigenvalue weighted by molar-refractivity contribution is -0.168. The van der Waals surface area contributed by atoms with Crippen molar-refractivity contribution in [2.45, 2.75) is 19.9 Å². The summed E-state index contributed by atoms with van der Waals surface area (Å²) in [5.74, 6) is -0.368. The van der Waals surface area contributed by atoms with Crippen molar-refractivity contribution in [2.75, 3.05) is 0 Å². The van der Waals surface area contributed by atoms with E-state index >= 15 is 0 Å². The first-order valence-corrected chi connectivity index (χ1v) is 7.93. The fraction of sp³-hybridized carbons (Fsp3) is 0.200. The van der Waals surface area contributed by atoms with Crippen LogP contribution in [0.2, 0.25) is 0 Å². The molecule has 0 aliphatic carbocycles. The number of carbonyl (C=O) groups is 2. The van der Waals surface area contributed by atoms with Crippen molar-refractivity contribution in [2.24, 2.45) is 5.41 Å². The molecule has 0 bridgehead atoms. The van der Waals surface area contributed by atoms with Crippen molar-refractivity contribution < 1.29 is 9.59 Å². The van der Waals surface area contributed by atoms with Crippen LogP contribution >= 0.6 is 0 Å². The number of β-lactam (4-membered cyclic amide) rings is 1. The van der Waals surface area contributed by atoms with Crippen molar-refractivity contribution in [3.05, 3.63) is 77.9 Å². The highest BCUT2D eigenvalue weighted by Gasteiger charge is 2.53. The number of rotatable bonds is 4. The zero-order chi connectivity index (χ0) is 17.2. The predicted molar refractivity (Wildman–Crippen MR) is 93.8 cm³/mol. The summed E-state index contributed by atoms with van der Waals surface area (Å²) in [5.41, 5.74) is 3.77. The fourth-order valence-corrected chi connectivity index (χ4v) is 2.80. The van der Waals surface area contributed by atoms with Crippen molar-refractivity contribution in [3.63, 3.8) is 0 Å². The average molecular weight is 320 g/mol. The summed E-state index contributed by atoms with van der Waals surface area (Å²) in [5, 5.41) is 1.41. The zero-order valence-corrected chi connectivity index (χ0v) is 13.8. The van der Waals surface area contributed by atoms with E-state index in [2.05, 4.69) is 5.43 Å². The number of benzene rings is 2. The summed E-state index contributed by atoms with van der Waals surface area (Å²) >= 11 is 0. The van der Waals surface area contributed by atoms with Crippen molar-refractivity contribution in [1.29, 1.82) is 0 Å². The first-order valence-electron chi connectivity index (χ1n) is 7.93. The minimum atomic E-state index is -0.532. The first-order chi connectivity index (χ1) is 11.5. The second kappa shape index (κ2) is 6.32. The Labute approximate surface area is 141 Å². The quantitative estimate of drug-likeness (QED) is 0.879. The molecule has 2 aromatic carbocycles. The highest BCUT2D eigenvalue weighted by molar-refractivity contribution is 5.98. The maximum absolute atomic E-state index is 12.3. The van der Waals surface area contributed by atoms with Gasteiger partial charge < -0.3 is 0 Å². The minimum Gasteiger partial charge on any atom is -0.272 e. The van der Waals surface area contributed by atoms with Gasteiger partial charge in [-0.25, -0.2) is 5.01 Å². The molecule has 1 N–H and O–H groups in total. The molecular weight excluding hydrogens is 300 g/mol.